The fourth-order valence-electron chi connectivity index (χ4n) is 1.04. The number of hydrogen-bond donors (Lipinski definition) is 0. The van der Waals surface area contributed by atoms with Crippen LogP contribution in [0, 0.1) is 6.26 Å². The maximum absolute atomic E-state index is 5.81. The minimum absolute atomic E-state index is 0.712. The maximum atomic E-state index is 5.81. The SMILES string of the molecule is Clc1cccc(-c2cc[c]o2)c1. The van der Waals surface area contributed by atoms with E-state index in [0.717, 1.165) is 11.3 Å². The molecule has 1 heterocycles. The number of furan rings is 1. The van der Waals surface area contributed by atoms with Gasteiger partial charge in [0.05, 0.1) is 0 Å². The Labute approximate surface area is 75.6 Å². The van der Waals surface area contributed by atoms with E-state index in [1.54, 1.807) is 6.07 Å². The zero-order valence-electron chi connectivity index (χ0n) is 6.25. The topological polar surface area (TPSA) is 13.1 Å². The molecule has 0 N–H and O–H groups in total. The number of benzene rings is 1. The van der Waals surface area contributed by atoms with Gasteiger partial charge in [0.1, 0.15) is 5.76 Å². The van der Waals surface area contributed by atoms with Gasteiger partial charge >= 0.3 is 0 Å². The van der Waals surface area contributed by atoms with Crippen molar-refractivity contribution in [2.24, 2.45) is 0 Å². The monoisotopic (exact) mass is 177 g/mol. The number of rotatable bonds is 1. The Kier molecular flexibility index (Phi) is 1.88. The van der Waals surface area contributed by atoms with Gasteiger partial charge in [0.2, 0.25) is 0 Å². The second kappa shape index (κ2) is 3.03. The van der Waals surface area contributed by atoms with Crippen molar-refractivity contribution in [3.63, 3.8) is 0 Å². The largest absolute Gasteiger partial charge is 0.453 e. The van der Waals surface area contributed by atoms with E-state index in [1.807, 2.05) is 30.3 Å². The van der Waals surface area contributed by atoms with Crippen LogP contribution in [0.25, 0.3) is 11.3 Å². The van der Waals surface area contributed by atoms with Crippen LogP contribution in [-0.2, 0) is 0 Å². The lowest BCUT2D eigenvalue weighted by molar-refractivity contribution is 0.573. The molecule has 0 saturated heterocycles. The van der Waals surface area contributed by atoms with Crippen LogP contribution in [0.1, 0.15) is 0 Å². The van der Waals surface area contributed by atoms with E-state index < -0.39 is 0 Å². The summed E-state index contributed by atoms with van der Waals surface area (Å²) in [6.45, 7) is 0. The standard InChI is InChI=1S/C10H6ClO/c11-9-4-1-3-8(7-9)10-5-2-6-12-10/h1-5,7H. The predicted molar refractivity (Wildman–Crippen MR) is 48.0 cm³/mol. The van der Waals surface area contributed by atoms with E-state index in [2.05, 4.69) is 6.26 Å². The highest BCUT2D eigenvalue weighted by Crippen LogP contribution is 2.22. The molecule has 0 unspecified atom stereocenters. The van der Waals surface area contributed by atoms with Gasteiger partial charge in [0.15, 0.2) is 6.26 Å². The van der Waals surface area contributed by atoms with Crippen molar-refractivity contribution in [1.82, 2.24) is 0 Å². The molecule has 0 aliphatic rings. The van der Waals surface area contributed by atoms with E-state index in [0.29, 0.717) is 5.02 Å². The predicted octanol–water partition coefficient (Wildman–Crippen LogP) is 3.40. The Morgan fingerprint density at radius 3 is 2.83 bits per heavy atom. The molecule has 0 saturated carbocycles. The van der Waals surface area contributed by atoms with Crippen molar-refractivity contribution in [3.05, 3.63) is 47.7 Å². The quantitative estimate of drug-likeness (QED) is 0.651. The third kappa shape index (κ3) is 1.36. The summed E-state index contributed by atoms with van der Waals surface area (Å²) >= 11 is 5.81. The van der Waals surface area contributed by atoms with Crippen molar-refractivity contribution < 1.29 is 4.42 Å². The van der Waals surface area contributed by atoms with E-state index in [9.17, 15) is 0 Å². The molecule has 1 aromatic heterocycles. The highest BCUT2D eigenvalue weighted by molar-refractivity contribution is 6.30. The van der Waals surface area contributed by atoms with E-state index >= 15 is 0 Å². The highest BCUT2D eigenvalue weighted by atomic mass is 35.5. The fraction of sp³-hybridized carbons (Fsp3) is 0. The van der Waals surface area contributed by atoms with E-state index in [4.69, 9.17) is 16.0 Å². The average molecular weight is 178 g/mol. The van der Waals surface area contributed by atoms with E-state index in [1.165, 1.54) is 0 Å². The molecule has 2 rings (SSSR count). The van der Waals surface area contributed by atoms with Crippen molar-refractivity contribution >= 4 is 11.6 Å². The lowest BCUT2D eigenvalue weighted by Crippen LogP contribution is -1.71. The van der Waals surface area contributed by atoms with Gasteiger partial charge in [-0.15, -0.1) is 0 Å². The molecule has 12 heavy (non-hydrogen) atoms. The van der Waals surface area contributed by atoms with E-state index in [-0.39, 0.29) is 0 Å². The summed E-state index contributed by atoms with van der Waals surface area (Å²) in [6, 6.07) is 11.1. The van der Waals surface area contributed by atoms with Crippen molar-refractivity contribution in [1.29, 1.82) is 0 Å². The maximum Gasteiger partial charge on any atom is 0.170 e. The smallest absolute Gasteiger partial charge is 0.170 e. The molecular formula is C10H6ClO. The zero-order valence-corrected chi connectivity index (χ0v) is 7.01. The summed E-state index contributed by atoms with van der Waals surface area (Å²) in [7, 11) is 0. The molecule has 1 aromatic carbocycles. The minimum Gasteiger partial charge on any atom is -0.453 e. The number of hydrogen-bond acceptors (Lipinski definition) is 1. The van der Waals surface area contributed by atoms with Crippen LogP contribution in [0.2, 0.25) is 5.02 Å². The summed E-state index contributed by atoms with van der Waals surface area (Å²) in [5.74, 6) is 0.789. The van der Waals surface area contributed by atoms with Crippen LogP contribution in [0.3, 0.4) is 0 Å². The van der Waals surface area contributed by atoms with Gasteiger partial charge in [-0.3, -0.25) is 0 Å². The first-order valence-electron chi connectivity index (χ1n) is 3.58. The second-order valence-electron chi connectivity index (χ2n) is 2.43. The third-order valence-electron chi connectivity index (χ3n) is 1.58. The first kappa shape index (κ1) is 7.44. The van der Waals surface area contributed by atoms with Crippen LogP contribution >= 0.6 is 11.6 Å². The molecule has 59 valence electrons. The van der Waals surface area contributed by atoms with Gasteiger partial charge < -0.3 is 4.42 Å². The van der Waals surface area contributed by atoms with Crippen molar-refractivity contribution in [2.75, 3.05) is 0 Å². The van der Waals surface area contributed by atoms with Gasteiger partial charge in [-0.25, -0.2) is 0 Å². The zero-order chi connectivity index (χ0) is 8.39. The van der Waals surface area contributed by atoms with Crippen LogP contribution in [-0.4, -0.2) is 0 Å². The van der Waals surface area contributed by atoms with Gasteiger partial charge in [-0.05, 0) is 24.3 Å². The molecule has 0 amide bonds. The van der Waals surface area contributed by atoms with Crippen LogP contribution in [0.15, 0.2) is 40.8 Å². The molecule has 0 spiro atoms. The molecule has 0 aliphatic heterocycles. The third-order valence-corrected chi connectivity index (χ3v) is 1.82. The Hall–Kier alpha value is -1.21. The van der Waals surface area contributed by atoms with Crippen LogP contribution in [0.4, 0.5) is 0 Å². The Morgan fingerprint density at radius 1 is 1.25 bits per heavy atom. The summed E-state index contributed by atoms with van der Waals surface area (Å²) < 4.78 is 5.09. The number of halogens is 1. The first-order chi connectivity index (χ1) is 5.86. The molecule has 0 bridgehead atoms. The highest BCUT2D eigenvalue weighted by Gasteiger charge is 1.99. The molecule has 2 heteroatoms. The molecule has 1 radical (unpaired) electrons. The normalized spacial score (nSPS) is 10.1. The Balaban J connectivity index is 2.48. The summed E-state index contributed by atoms with van der Waals surface area (Å²) in [5, 5.41) is 0.712. The molecule has 0 aliphatic carbocycles. The lowest BCUT2D eigenvalue weighted by Gasteiger charge is -1.95. The second-order valence-corrected chi connectivity index (χ2v) is 2.86. The molecular weight excluding hydrogens is 172 g/mol. The molecule has 1 nitrogen and oxygen atoms in total. The molecule has 0 atom stereocenters. The Bertz CT molecular complexity index is 365. The summed E-state index contributed by atoms with van der Waals surface area (Å²) in [4.78, 5) is 0. The van der Waals surface area contributed by atoms with Gasteiger partial charge in [-0.2, -0.15) is 0 Å². The van der Waals surface area contributed by atoms with Crippen LogP contribution in [0.5, 0.6) is 0 Å². The average Bonchev–Trinajstić information content (AvgIpc) is 2.56. The summed E-state index contributed by atoms with van der Waals surface area (Å²) in [6.07, 6.45) is 2.63. The van der Waals surface area contributed by atoms with Crippen LogP contribution < -0.4 is 0 Å². The Morgan fingerprint density at radius 2 is 2.17 bits per heavy atom. The van der Waals surface area contributed by atoms with Crippen molar-refractivity contribution in [3.8, 4) is 11.3 Å². The van der Waals surface area contributed by atoms with Crippen molar-refractivity contribution in [2.45, 2.75) is 0 Å². The molecule has 0 fully saturated rings. The van der Waals surface area contributed by atoms with Gasteiger partial charge in [-0.1, -0.05) is 23.7 Å². The lowest BCUT2D eigenvalue weighted by atomic mass is 10.2. The summed E-state index contributed by atoms with van der Waals surface area (Å²) in [5.41, 5.74) is 0.976. The van der Waals surface area contributed by atoms with Gasteiger partial charge in [0, 0.05) is 10.6 Å². The fourth-order valence-corrected chi connectivity index (χ4v) is 1.23. The first-order valence-corrected chi connectivity index (χ1v) is 3.96. The minimum atomic E-state index is 0.712. The van der Waals surface area contributed by atoms with Gasteiger partial charge in [0.25, 0.3) is 0 Å². The molecule has 2 aromatic rings.